The molecule has 0 bridgehead atoms. The van der Waals surface area contributed by atoms with E-state index in [0.717, 1.165) is 5.56 Å². The number of benzene rings is 1. The van der Waals surface area contributed by atoms with Gasteiger partial charge in [0.2, 0.25) is 0 Å². The SMILES string of the molecule is CS(=O)(=O)c1ccc(Oc2cncc(Cl)c2)c2c1C1(CC2)OCCO1. The standard InChI is InChI=1S/C17H16ClNO5S/c1-25(20,21)15-3-2-14(24-12-8-11(18)9-19-10-12)13-4-5-17(16(13)15)22-6-7-23-17/h2-3,8-10H,4-7H2,1H3. The van der Waals surface area contributed by atoms with Crippen LogP contribution in [0.2, 0.25) is 5.02 Å². The Morgan fingerprint density at radius 3 is 2.68 bits per heavy atom. The monoisotopic (exact) mass is 381 g/mol. The highest BCUT2D eigenvalue weighted by Crippen LogP contribution is 2.49. The molecular weight excluding hydrogens is 366 g/mol. The molecule has 0 saturated carbocycles. The van der Waals surface area contributed by atoms with Gasteiger partial charge in [-0.1, -0.05) is 11.6 Å². The van der Waals surface area contributed by atoms with Gasteiger partial charge in [-0.3, -0.25) is 4.98 Å². The Bertz CT molecular complexity index is 938. The van der Waals surface area contributed by atoms with Crippen LogP contribution in [-0.4, -0.2) is 32.9 Å². The van der Waals surface area contributed by atoms with Crippen molar-refractivity contribution in [2.24, 2.45) is 0 Å². The number of halogens is 1. The molecule has 0 atom stereocenters. The highest BCUT2D eigenvalue weighted by Gasteiger charge is 2.48. The molecule has 1 saturated heterocycles. The van der Waals surface area contributed by atoms with Gasteiger partial charge in [-0.2, -0.15) is 0 Å². The van der Waals surface area contributed by atoms with E-state index >= 15 is 0 Å². The van der Waals surface area contributed by atoms with Gasteiger partial charge in [-0.15, -0.1) is 0 Å². The van der Waals surface area contributed by atoms with Crippen LogP contribution in [0.15, 0.2) is 35.5 Å². The van der Waals surface area contributed by atoms with Crippen molar-refractivity contribution in [3.63, 3.8) is 0 Å². The Morgan fingerprint density at radius 1 is 1.24 bits per heavy atom. The largest absolute Gasteiger partial charge is 0.455 e. The zero-order chi connectivity index (χ0) is 17.7. The summed E-state index contributed by atoms with van der Waals surface area (Å²) in [6.07, 6.45) is 5.41. The second-order valence-electron chi connectivity index (χ2n) is 6.08. The molecule has 1 aromatic carbocycles. The lowest BCUT2D eigenvalue weighted by molar-refractivity contribution is -0.164. The summed E-state index contributed by atoms with van der Waals surface area (Å²) in [7, 11) is -3.44. The fraction of sp³-hybridized carbons (Fsp3) is 0.353. The van der Waals surface area contributed by atoms with Gasteiger partial charge in [-0.25, -0.2) is 8.42 Å². The number of fused-ring (bicyclic) bond motifs is 2. The highest BCUT2D eigenvalue weighted by molar-refractivity contribution is 7.90. The lowest BCUT2D eigenvalue weighted by Gasteiger charge is -2.25. The molecule has 1 spiro atoms. The molecule has 2 heterocycles. The summed E-state index contributed by atoms with van der Waals surface area (Å²) in [5.41, 5.74) is 1.34. The van der Waals surface area contributed by atoms with Crippen LogP contribution in [0.4, 0.5) is 0 Å². The fourth-order valence-electron chi connectivity index (χ4n) is 3.41. The number of nitrogens with zero attached hydrogens (tertiary/aromatic N) is 1. The summed E-state index contributed by atoms with van der Waals surface area (Å²) >= 11 is 5.95. The molecule has 0 N–H and O–H groups in total. The first-order chi connectivity index (χ1) is 11.9. The maximum atomic E-state index is 12.3. The Morgan fingerprint density at radius 2 is 2.00 bits per heavy atom. The Kier molecular flexibility index (Phi) is 3.99. The maximum Gasteiger partial charge on any atom is 0.196 e. The Balaban J connectivity index is 1.85. The second-order valence-corrected chi connectivity index (χ2v) is 8.50. The highest BCUT2D eigenvalue weighted by atomic mass is 35.5. The van der Waals surface area contributed by atoms with Crippen molar-refractivity contribution in [3.8, 4) is 11.5 Å². The van der Waals surface area contributed by atoms with Gasteiger partial charge >= 0.3 is 0 Å². The summed E-state index contributed by atoms with van der Waals surface area (Å²) in [6, 6.07) is 4.85. The van der Waals surface area contributed by atoms with Gasteiger partial charge in [0.25, 0.3) is 0 Å². The molecule has 0 radical (unpaired) electrons. The van der Waals surface area contributed by atoms with Crippen LogP contribution in [0, 0.1) is 0 Å². The smallest absolute Gasteiger partial charge is 0.196 e. The van der Waals surface area contributed by atoms with E-state index < -0.39 is 15.6 Å². The molecule has 0 amide bonds. The van der Waals surface area contributed by atoms with Crippen LogP contribution in [0.3, 0.4) is 0 Å². The average molecular weight is 382 g/mol. The fourth-order valence-corrected chi connectivity index (χ4v) is 4.54. The van der Waals surface area contributed by atoms with Gasteiger partial charge in [0, 0.05) is 36.1 Å². The van der Waals surface area contributed by atoms with Gasteiger partial charge in [0.05, 0.1) is 29.3 Å². The van der Waals surface area contributed by atoms with Crippen LogP contribution in [0.5, 0.6) is 11.5 Å². The lowest BCUT2D eigenvalue weighted by atomic mass is 10.1. The molecule has 6 nitrogen and oxygen atoms in total. The van der Waals surface area contributed by atoms with E-state index in [0.29, 0.717) is 48.1 Å². The summed E-state index contributed by atoms with van der Waals surface area (Å²) in [5, 5.41) is 0.459. The van der Waals surface area contributed by atoms with Crippen molar-refractivity contribution in [3.05, 3.63) is 46.7 Å². The molecule has 0 unspecified atom stereocenters. The van der Waals surface area contributed by atoms with E-state index in [-0.39, 0.29) is 4.90 Å². The Labute approximate surface area is 150 Å². The first-order valence-electron chi connectivity index (χ1n) is 7.82. The number of ether oxygens (including phenoxy) is 3. The Hall–Kier alpha value is -1.67. The van der Waals surface area contributed by atoms with Crippen LogP contribution in [0.25, 0.3) is 0 Å². The van der Waals surface area contributed by atoms with Gasteiger partial charge in [0.15, 0.2) is 15.6 Å². The van der Waals surface area contributed by atoms with Crippen LogP contribution in [-0.2, 0) is 31.5 Å². The summed E-state index contributed by atoms with van der Waals surface area (Å²) in [6.45, 7) is 0.873. The molecule has 1 fully saturated rings. The number of rotatable bonds is 3. The van der Waals surface area contributed by atoms with Crippen molar-refractivity contribution < 1.29 is 22.6 Å². The van der Waals surface area contributed by atoms with E-state index in [9.17, 15) is 8.42 Å². The molecule has 2 aromatic rings. The lowest BCUT2D eigenvalue weighted by Crippen LogP contribution is -2.26. The second kappa shape index (κ2) is 5.95. The summed E-state index contributed by atoms with van der Waals surface area (Å²) < 4.78 is 42.1. The first kappa shape index (κ1) is 16.8. The van der Waals surface area contributed by atoms with Crippen molar-refractivity contribution in [1.82, 2.24) is 4.98 Å². The normalized spacial score (nSPS) is 18.5. The molecule has 1 aliphatic heterocycles. The topological polar surface area (TPSA) is 74.7 Å². The van der Waals surface area contributed by atoms with E-state index in [1.807, 2.05) is 0 Å². The van der Waals surface area contributed by atoms with Crippen molar-refractivity contribution in [2.75, 3.05) is 19.5 Å². The van der Waals surface area contributed by atoms with Gasteiger partial charge in [0.1, 0.15) is 11.5 Å². The molecule has 132 valence electrons. The third kappa shape index (κ3) is 2.91. The molecule has 2 aliphatic rings. The van der Waals surface area contributed by atoms with E-state index in [2.05, 4.69) is 4.98 Å². The predicted octanol–water partition coefficient (Wildman–Crippen LogP) is 3.08. The van der Waals surface area contributed by atoms with E-state index in [4.69, 9.17) is 25.8 Å². The molecule has 1 aromatic heterocycles. The minimum Gasteiger partial charge on any atom is -0.455 e. The third-order valence-electron chi connectivity index (χ3n) is 4.38. The number of pyridine rings is 1. The maximum absolute atomic E-state index is 12.3. The zero-order valence-corrected chi connectivity index (χ0v) is 15.1. The van der Waals surface area contributed by atoms with Crippen LogP contribution < -0.4 is 4.74 Å². The van der Waals surface area contributed by atoms with Crippen LogP contribution in [0.1, 0.15) is 17.5 Å². The van der Waals surface area contributed by atoms with Crippen molar-refractivity contribution >= 4 is 21.4 Å². The van der Waals surface area contributed by atoms with Gasteiger partial charge in [-0.05, 0) is 18.6 Å². The van der Waals surface area contributed by atoms with Crippen molar-refractivity contribution in [2.45, 2.75) is 23.5 Å². The molecule has 4 rings (SSSR count). The molecule has 25 heavy (non-hydrogen) atoms. The number of aromatic nitrogens is 1. The minimum absolute atomic E-state index is 0.221. The average Bonchev–Trinajstić information content (AvgIpc) is 3.16. The number of hydrogen-bond acceptors (Lipinski definition) is 6. The molecular formula is C17H16ClNO5S. The van der Waals surface area contributed by atoms with Crippen molar-refractivity contribution in [1.29, 1.82) is 0 Å². The number of sulfone groups is 1. The molecule has 8 heteroatoms. The predicted molar refractivity (Wildman–Crippen MR) is 90.8 cm³/mol. The minimum atomic E-state index is -3.44. The summed E-state index contributed by atoms with van der Waals surface area (Å²) in [4.78, 5) is 4.22. The molecule has 1 aliphatic carbocycles. The third-order valence-corrected chi connectivity index (χ3v) is 5.72. The zero-order valence-electron chi connectivity index (χ0n) is 13.5. The van der Waals surface area contributed by atoms with E-state index in [1.54, 1.807) is 24.4 Å². The van der Waals surface area contributed by atoms with Crippen LogP contribution >= 0.6 is 11.6 Å². The van der Waals surface area contributed by atoms with E-state index in [1.165, 1.54) is 12.5 Å². The first-order valence-corrected chi connectivity index (χ1v) is 10.1. The van der Waals surface area contributed by atoms with Gasteiger partial charge < -0.3 is 14.2 Å². The quantitative estimate of drug-likeness (QED) is 0.813. The summed E-state index contributed by atoms with van der Waals surface area (Å²) in [5.74, 6) is 0.0399. The number of hydrogen-bond donors (Lipinski definition) is 0.